The van der Waals surface area contributed by atoms with E-state index in [1.807, 2.05) is 6.08 Å². The number of hydroxylamine groups is 1. The summed E-state index contributed by atoms with van der Waals surface area (Å²) in [5, 5.41) is 0. The van der Waals surface area contributed by atoms with Gasteiger partial charge in [-0.1, -0.05) is 28.7 Å². The molecule has 0 aliphatic carbocycles. The first-order chi connectivity index (χ1) is 7.27. The molecule has 0 amide bonds. The van der Waals surface area contributed by atoms with Crippen molar-refractivity contribution in [1.29, 1.82) is 0 Å². The van der Waals surface area contributed by atoms with Gasteiger partial charge < -0.3 is 0 Å². The normalized spacial score (nSPS) is 11.5. The molecule has 0 fully saturated rings. The highest BCUT2D eigenvalue weighted by molar-refractivity contribution is 14.1. The van der Waals surface area contributed by atoms with Gasteiger partial charge in [-0.2, -0.15) is 0 Å². The van der Waals surface area contributed by atoms with Gasteiger partial charge in [0.25, 0.3) is 0 Å². The van der Waals surface area contributed by atoms with E-state index in [-0.39, 0.29) is 5.82 Å². The molecule has 1 rings (SSSR count). The van der Waals surface area contributed by atoms with Gasteiger partial charge in [0.2, 0.25) is 0 Å². The fraction of sp³-hybridized carbons (Fsp3) is 0.273. The highest BCUT2D eigenvalue weighted by atomic mass is 127. The molecule has 2 nitrogen and oxygen atoms in total. The van der Waals surface area contributed by atoms with Crippen LogP contribution in [0.2, 0.25) is 0 Å². The monoisotopic (exact) mass is 321 g/mol. The average Bonchev–Trinajstić information content (AvgIpc) is 2.25. The number of rotatable bonds is 5. The van der Waals surface area contributed by atoms with Gasteiger partial charge in [0.15, 0.2) is 0 Å². The van der Waals surface area contributed by atoms with E-state index in [1.54, 1.807) is 19.2 Å². The van der Waals surface area contributed by atoms with Crippen LogP contribution in [0.15, 0.2) is 30.3 Å². The van der Waals surface area contributed by atoms with Crippen LogP contribution in [0.25, 0.3) is 5.70 Å². The molecule has 0 aromatic heterocycles. The zero-order valence-electron chi connectivity index (χ0n) is 8.47. The maximum Gasteiger partial charge on any atom is 0.123 e. The van der Waals surface area contributed by atoms with Crippen molar-refractivity contribution in [1.82, 2.24) is 5.48 Å². The van der Waals surface area contributed by atoms with E-state index < -0.39 is 0 Å². The molecule has 0 spiro atoms. The second-order valence-electron chi connectivity index (χ2n) is 2.91. The Morgan fingerprint density at radius 3 is 2.67 bits per heavy atom. The molecular weight excluding hydrogens is 308 g/mol. The number of allylic oxidation sites excluding steroid dienone is 1. The summed E-state index contributed by atoms with van der Waals surface area (Å²) >= 11 is 2.30. The molecule has 82 valence electrons. The summed E-state index contributed by atoms with van der Waals surface area (Å²) in [6.07, 6.45) is 2.98. The molecule has 0 radical (unpaired) electrons. The van der Waals surface area contributed by atoms with E-state index >= 15 is 0 Å². The third-order valence-electron chi connectivity index (χ3n) is 1.82. The Kier molecular flexibility index (Phi) is 5.63. The van der Waals surface area contributed by atoms with Crippen molar-refractivity contribution in [3.8, 4) is 0 Å². The van der Waals surface area contributed by atoms with Gasteiger partial charge in [0.1, 0.15) is 5.82 Å². The van der Waals surface area contributed by atoms with Crippen LogP contribution < -0.4 is 5.48 Å². The SMILES string of the molecule is CON/C(=C\CCI)c1ccc(F)cc1. The molecular formula is C11H13FINO. The summed E-state index contributed by atoms with van der Waals surface area (Å²) in [6.45, 7) is 0. The van der Waals surface area contributed by atoms with E-state index in [2.05, 4.69) is 28.1 Å². The Hall–Kier alpha value is -0.620. The lowest BCUT2D eigenvalue weighted by atomic mass is 10.1. The van der Waals surface area contributed by atoms with Gasteiger partial charge in [-0.25, -0.2) is 4.39 Å². The van der Waals surface area contributed by atoms with Crippen LogP contribution in [0.3, 0.4) is 0 Å². The first-order valence-electron chi connectivity index (χ1n) is 4.59. The first kappa shape index (κ1) is 12.4. The van der Waals surface area contributed by atoms with Crippen LogP contribution in [-0.2, 0) is 4.84 Å². The van der Waals surface area contributed by atoms with Gasteiger partial charge in [-0.05, 0) is 36.2 Å². The molecule has 1 aromatic rings. The fourth-order valence-electron chi connectivity index (χ4n) is 1.16. The Balaban J connectivity index is 2.83. The predicted molar refractivity (Wildman–Crippen MR) is 68.0 cm³/mol. The zero-order chi connectivity index (χ0) is 11.1. The van der Waals surface area contributed by atoms with Crippen molar-refractivity contribution in [2.45, 2.75) is 6.42 Å². The Morgan fingerprint density at radius 2 is 2.13 bits per heavy atom. The van der Waals surface area contributed by atoms with Crippen LogP contribution in [0.1, 0.15) is 12.0 Å². The molecule has 0 saturated heterocycles. The third kappa shape index (κ3) is 4.17. The van der Waals surface area contributed by atoms with Crippen molar-refractivity contribution < 1.29 is 9.23 Å². The lowest BCUT2D eigenvalue weighted by Gasteiger charge is -2.08. The van der Waals surface area contributed by atoms with Crippen LogP contribution in [0.5, 0.6) is 0 Å². The smallest absolute Gasteiger partial charge is 0.123 e. The quantitative estimate of drug-likeness (QED) is 0.511. The van der Waals surface area contributed by atoms with Gasteiger partial charge in [0, 0.05) is 4.43 Å². The van der Waals surface area contributed by atoms with E-state index in [9.17, 15) is 4.39 Å². The molecule has 0 saturated carbocycles. The Morgan fingerprint density at radius 1 is 1.47 bits per heavy atom. The van der Waals surface area contributed by atoms with Crippen molar-refractivity contribution in [3.05, 3.63) is 41.7 Å². The summed E-state index contributed by atoms with van der Waals surface area (Å²) < 4.78 is 13.8. The molecule has 0 aliphatic rings. The minimum atomic E-state index is -0.232. The van der Waals surface area contributed by atoms with Crippen molar-refractivity contribution in [3.63, 3.8) is 0 Å². The first-order valence-corrected chi connectivity index (χ1v) is 6.11. The molecule has 0 atom stereocenters. The van der Waals surface area contributed by atoms with E-state index in [4.69, 9.17) is 4.84 Å². The largest absolute Gasteiger partial charge is 0.279 e. The zero-order valence-corrected chi connectivity index (χ0v) is 10.6. The van der Waals surface area contributed by atoms with Crippen molar-refractivity contribution >= 4 is 28.3 Å². The fourth-order valence-corrected chi connectivity index (χ4v) is 1.47. The predicted octanol–water partition coefficient (Wildman–Crippen LogP) is 3.14. The van der Waals surface area contributed by atoms with Gasteiger partial charge in [0.05, 0.1) is 12.8 Å². The Labute approximate surface area is 103 Å². The second kappa shape index (κ2) is 6.79. The standard InChI is InChI=1S/C11H13FINO/c1-15-14-11(3-2-8-13)9-4-6-10(12)7-5-9/h3-7,14H,2,8H2,1H3/b11-3-. The van der Waals surface area contributed by atoms with Gasteiger partial charge >= 0.3 is 0 Å². The summed E-state index contributed by atoms with van der Waals surface area (Å²) in [4.78, 5) is 4.87. The molecule has 0 bridgehead atoms. The van der Waals surface area contributed by atoms with Gasteiger partial charge in [-0.3, -0.25) is 10.3 Å². The molecule has 4 heteroatoms. The van der Waals surface area contributed by atoms with Crippen LogP contribution >= 0.6 is 22.6 Å². The van der Waals surface area contributed by atoms with E-state index in [0.29, 0.717) is 0 Å². The molecule has 0 heterocycles. The maximum absolute atomic E-state index is 12.7. The van der Waals surface area contributed by atoms with Crippen LogP contribution in [0.4, 0.5) is 4.39 Å². The minimum Gasteiger partial charge on any atom is -0.279 e. The number of alkyl halides is 1. The molecule has 1 aromatic carbocycles. The average molecular weight is 321 g/mol. The highest BCUT2D eigenvalue weighted by Gasteiger charge is 2.00. The third-order valence-corrected chi connectivity index (χ3v) is 2.45. The number of halogens is 2. The summed E-state index contributed by atoms with van der Waals surface area (Å²) in [6, 6.07) is 6.32. The summed E-state index contributed by atoms with van der Waals surface area (Å²) in [5.74, 6) is -0.232. The van der Waals surface area contributed by atoms with E-state index in [0.717, 1.165) is 22.1 Å². The molecule has 0 unspecified atom stereocenters. The van der Waals surface area contributed by atoms with Crippen molar-refractivity contribution in [2.75, 3.05) is 11.5 Å². The summed E-state index contributed by atoms with van der Waals surface area (Å²) in [5.41, 5.74) is 4.58. The topological polar surface area (TPSA) is 21.3 Å². The minimum absolute atomic E-state index is 0.232. The molecule has 15 heavy (non-hydrogen) atoms. The number of nitrogens with one attached hydrogen (secondary N) is 1. The summed E-state index contributed by atoms with van der Waals surface area (Å²) in [7, 11) is 1.56. The number of hydrogen-bond donors (Lipinski definition) is 1. The van der Waals surface area contributed by atoms with Crippen LogP contribution in [-0.4, -0.2) is 11.5 Å². The lowest BCUT2D eigenvalue weighted by molar-refractivity contribution is 0.136. The number of hydrogen-bond acceptors (Lipinski definition) is 2. The maximum atomic E-state index is 12.7. The molecule has 1 N–H and O–H groups in total. The second-order valence-corrected chi connectivity index (χ2v) is 3.99. The highest BCUT2D eigenvalue weighted by Crippen LogP contribution is 2.13. The van der Waals surface area contributed by atoms with Gasteiger partial charge in [-0.15, -0.1) is 0 Å². The van der Waals surface area contributed by atoms with Crippen LogP contribution in [0, 0.1) is 5.82 Å². The molecule has 0 aliphatic heterocycles. The van der Waals surface area contributed by atoms with Crippen molar-refractivity contribution in [2.24, 2.45) is 0 Å². The lowest BCUT2D eigenvalue weighted by Crippen LogP contribution is -2.10. The van der Waals surface area contributed by atoms with E-state index in [1.165, 1.54) is 12.1 Å². The number of benzene rings is 1. The Bertz CT molecular complexity index is 324.